The molecule has 0 atom stereocenters. The normalized spacial score (nSPS) is 11.1. The Hall–Kier alpha value is -3.44. The first-order valence-electron chi connectivity index (χ1n) is 10.1. The molecule has 170 valence electrons. The van der Waals surface area contributed by atoms with Crippen molar-refractivity contribution in [1.29, 1.82) is 0 Å². The van der Waals surface area contributed by atoms with Gasteiger partial charge < -0.3 is 20.1 Å². The number of benzene rings is 1. The molecule has 2 aromatic heterocycles. The zero-order chi connectivity index (χ0) is 22.8. The third-order valence-corrected chi connectivity index (χ3v) is 5.63. The monoisotopic (exact) mass is 458 g/mol. The Morgan fingerprint density at radius 3 is 2.44 bits per heavy atom. The first-order chi connectivity index (χ1) is 15.5. The number of nitrogens with one attached hydrogen (secondary N) is 3. The van der Waals surface area contributed by atoms with Gasteiger partial charge in [0.25, 0.3) is 0 Å². The molecule has 3 rings (SSSR count). The van der Waals surface area contributed by atoms with Gasteiger partial charge in [0.1, 0.15) is 40.2 Å². The predicted octanol–water partition coefficient (Wildman–Crippen LogP) is 2.80. The van der Waals surface area contributed by atoms with Gasteiger partial charge in [-0.15, -0.1) is 0 Å². The fourth-order valence-corrected chi connectivity index (χ4v) is 3.94. The van der Waals surface area contributed by atoms with Crippen LogP contribution in [0.15, 0.2) is 59.9 Å². The predicted molar refractivity (Wildman–Crippen MR) is 122 cm³/mol. The van der Waals surface area contributed by atoms with Crippen molar-refractivity contribution in [2.24, 2.45) is 0 Å². The molecule has 32 heavy (non-hydrogen) atoms. The molecular formula is C21H26N6O4S. The highest BCUT2D eigenvalue weighted by atomic mass is 32.2. The number of hydrogen-bond acceptors (Lipinski definition) is 9. The van der Waals surface area contributed by atoms with E-state index in [1.54, 1.807) is 31.3 Å². The van der Waals surface area contributed by atoms with Crippen LogP contribution in [0.2, 0.25) is 0 Å². The van der Waals surface area contributed by atoms with E-state index in [1.807, 2.05) is 25.1 Å². The van der Waals surface area contributed by atoms with Crippen LogP contribution in [0.3, 0.4) is 0 Å². The van der Waals surface area contributed by atoms with E-state index in [0.29, 0.717) is 43.0 Å². The summed E-state index contributed by atoms with van der Waals surface area (Å²) in [6.45, 7) is 4.93. The summed E-state index contributed by atoms with van der Waals surface area (Å²) in [5, 5.41) is 6.15. The van der Waals surface area contributed by atoms with E-state index in [0.717, 1.165) is 0 Å². The first kappa shape index (κ1) is 23.2. The van der Waals surface area contributed by atoms with Crippen molar-refractivity contribution in [1.82, 2.24) is 19.7 Å². The minimum absolute atomic E-state index is 0.0617. The first-order valence-corrected chi connectivity index (χ1v) is 11.6. The molecule has 10 nitrogen and oxygen atoms in total. The second-order valence-corrected chi connectivity index (χ2v) is 8.16. The number of hydrogen-bond donors (Lipinski definition) is 3. The zero-order valence-corrected chi connectivity index (χ0v) is 18.7. The molecule has 0 aliphatic carbocycles. The molecule has 0 saturated carbocycles. The van der Waals surface area contributed by atoms with E-state index in [9.17, 15) is 8.42 Å². The summed E-state index contributed by atoms with van der Waals surface area (Å²) in [5.41, 5.74) is 0. The molecule has 0 radical (unpaired) electrons. The molecule has 11 heteroatoms. The Balaban J connectivity index is 1.58. The van der Waals surface area contributed by atoms with Gasteiger partial charge in [0.05, 0.1) is 13.2 Å². The standard InChI is InChI=1S/C21H26N6O4S/c1-3-30-16-8-9-18(17(13-16)31-4-2)32(28,29)26-12-11-23-20-14-21(25-15-24-20)27-19-7-5-6-10-22-19/h5-10,13-15,26H,3-4,11-12H2,1-2H3,(H2,22,23,24,25,27). The molecule has 0 aliphatic heterocycles. The minimum Gasteiger partial charge on any atom is -0.494 e. The average Bonchev–Trinajstić information content (AvgIpc) is 2.78. The fourth-order valence-electron chi connectivity index (χ4n) is 2.78. The molecule has 0 saturated heterocycles. The summed E-state index contributed by atoms with van der Waals surface area (Å²) < 4.78 is 39.0. The van der Waals surface area contributed by atoms with Crippen LogP contribution in [0.25, 0.3) is 0 Å². The highest BCUT2D eigenvalue weighted by Crippen LogP contribution is 2.28. The average molecular weight is 459 g/mol. The molecule has 0 unspecified atom stereocenters. The van der Waals surface area contributed by atoms with Crippen LogP contribution < -0.4 is 24.8 Å². The second kappa shape index (κ2) is 11.3. The second-order valence-electron chi connectivity index (χ2n) is 6.43. The van der Waals surface area contributed by atoms with Gasteiger partial charge in [-0.3, -0.25) is 0 Å². The molecule has 0 fully saturated rings. The van der Waals surface area contributed by atoms with Gasteiger partial charge in [-0.25, -0.2) is 28.1 Å². The molecular weight excluding hydrogens is 432 g/mol. The van der Waals surface area contributed by atoms with E-state index in [2.05, 4.69) is 30.3 Å². The quantitative estimate of drug-likeness (QED) is 0.351. The van der Waals surface area contributed by atoms with Crippen LogP contribution >= 0.6 is 0 Å². The van der Waals surface area contributed by atoms with Crippen molar-refractivity contribution in [3.8, 4) is 11.5 Å². The third kappa shape index (κ3) is 6.53. The number of rotatable bonds is 12. The van der Waals surface area contributed by atoms with Gasteiger partial charge in [-0.1, -0.05) is 6.07 Å². The highest BCUT2D eigenvalue weighted by molar-refractivity contribution is 7.89. The minimum atomic E-state index is -3.77. The molecule has 3 aromatic rings. The van der Waals surface area contributed by atoms with Gasteiger partial charge >= 0.3 is 0 Å². The number of sulfonamides is 1. The Kier molecular flexibility index (Phi) is 8.17. The summed E-state index contributed by atoms with van der Waals surface area (Å²) in [5.74, 6) is 2.58. The number of ether oxygens (including phenoxy) is 2. The van der Waals surface area contributed by atoms with Gasteiger partial charge in [-0.2, -0.15) is 0 Å². The lowest BCUT2D eigenvalue weighted by Crippen LogP contribution is -2.29. The number of anilines is 3. The van der Waals surface area contributed by atoms with Gasteiger partial charge in [0, 0.05) is 31.4 Å². The van der Waals surface area contributed by atoms with Crippen LogP contribution in [-0.4, -0.2) is 49.7 Å². The van der Waals surface area contributed by atoms with Gasteiger partial charge in [-0.05, 0) is 38.1 Å². The Morgan fingerprint density at radius 2 is 1.69 bits per heavy atom. The third-order valence-electron chi connectivity index (χ3n) is 4.13. The molecule has 2 heterocycles. The Morgan fingerprint density at radius 1 is 0.875 bits per heavy atom. The Labute approximate surface area is 187 Å². The van der Waals surface area contributed by atoms with Crippen LogP contribution in [0, 0.1) is 0 Å². The molecule has 0 aliphatic rings. The van der Waals surface area contributed by atoms with E-state index in [1.165, 1.54) is 12.4 Å². The van der Waals surface area contributed by atoms with E-state index < -0.39 is 10.0 Å². The SMILES string of the molecule is CCOc1ccc(S(=O)(=O)NCCNc2cc(Nc3ccccn3)ncn2)c(OCC)c1. The number of nitrogens with zero attached hydrogens (tertiary/aromatic N) is 3. The van der Waals surface area contributed by atoms with Crippen LogP contribution in [0.1, 0.15) is 13.8 Å². The lowest BCUT2D eigenvalue weighted by Gasteiger charge is -2.14. The van der Waals surface area contributed by atoms with Crippen molar-refractivity contribution >= 4 is 27.5 Å². The maximum atomic E-state index is 12.8. The van der Waals surface area contributed by atoms with Crippen molar-refractivity contribution in [2.75, 3.05) is 36.9 Å². The van der Waals surface area contributed by atoms with Crippen molar-refractivity contribution in [3.05, 3.63) is 55.0 Å². The number of aromatic nitrogens is 3. The highest BCUT2D eigenvalue weighted by Gasteiger charge is 2.20. The lowest BCUT2D eigenvalue weighted by molar-refractivity contribution is 0.317. The summed E-state index contributed by atoms with van der Waals surface area (Å²) >= 11 is 0. The van der Waals surface area contributed by atoms with Crippen LogP contribution in [0.4, 0.5) is 17.5 Å². The van der Waals surface area contributed by atoms with Crippen LogP contribution in [0.5, 0.6) is 11.5 Å². The van der Waals surface area contributed by atoms with Crippen molar-refractivity contribution < 1.29 is 17.9 Å². The molecule has 0 bridgehead atoms. The van der Waals surface area contributed by atoms with Gasteiger partial charge in [0.15, 0.2) is 0 Å². The number of pyridine rings is 1. The van der Waals surface area contributed by atoms with Crippen molar-refractivity contribution in [3.63, 3.8) is 0 Å². The summed E-state index contributed by atoms with van der Waals surface area (Å²) in [4.78, 5) is 12.5. The van der Waals surface area contributed by atoms with Crippen LogP contribution in [-0.2, 0) is 10.0 Å². The summed E-state index contributed by atoms with van der Waals surface area (Å²) in [7, 11) is -3.77. The molecule has 3 N–H and O–H groups in total. The maximum absolute atomic E-state index is 12.8. The van der Waals surface area contributed by atoms with E-state index in [-0.39, 0.29) is 17.2 Å². The molecule has 1 aromatic carbocycles. The lowest BCUT2D eigenvalue weighted by atomic mass is 10.3. The topological polar surface area (TPSA) is 127 Å². The van der Waals surface area contributed by atoms with Gasteiger partial charge in [0.2, 0.25) is 10.0 Å². The fraction of sp³-hybridized carbons (Fsp3) is 0.286. The summed E-state index contributed by atoms with van der Waals surface area (Å²) in [6.07, 6.45) is 3.09. The molecule has 0 spiro atoms. The Bertz CT molecular complexity index is 1110. The summed E-state index contributed by atoms with van der Waals surface area (Å²) in [6, 6.07) is 11.9. The smallest absolute Gasteiger partial charge is 0.244 e. The van der Waals surface area contributed by atoms with E-state index >= 15 is 0 Å². The molecule has 0 amide bonds. The zero-order valence-electron chi connectivity index (χ0n) is 17.9. The van der Waals surface area contributed by atoms with Crippen molar-refractivity contribution in [2.45, 2.75) is 18.7 Å². The maximum Gasteiger partial charge on any atom is 0.244 e. The van der Waals surface area contributed by atoms with E-state index in [4.69, 9.17) is 9.47 Å². The largest absolute Gasteiger partial charge is 0.494 e.